The largest absolute Gasteiger partial charge is 0.497 e. The Kier molecular flexibility index (Phi) is 7.40. The molecule has 0 aliphatic carbocycles. The Bertz CT molecular complexity index is 911. The van der Waals surface area contributed by atoms with E-state index in [4.69, 9.17) is 14.2 Å². The molecule has 2 N–H and O–H groups in total. The first kappa shape index (κ1) is 23.6. The Hall–Kier alpha value is -3.06. The van der Waals surface area contributed by atoms with E-state index in [2.05, 4.69) is 22.8 Å². The summed E-state index contributed by atoms with van der Waals surface area (Å²) in [4.78, 5) is 24.7. The molecule has 0 bridgehead atoms. The fraction of sp³-hybridized carbons (Fsp3) is 0.440. The van der Waals surface area contributed by atoms with E-state index in [0.29, 0.717) is 31.0 Å². The number of carbonyl (C=O) groups is 2. The lowest BCUT2D eigenvalue weighted by Gasteiger charge is -2.38. The lowest BCUT2D eigenvalue weighted by Crippen LogP contribution is -2.44. The lowest BCUT2D eigenvalue weighted by molar-refractivity contribution is 0.0487. The highest BCUT2D eigenvalue weighted by Gasteiger charge is 2.35. The van der Waals surface area contributed by atoms with E-state index in [-0.39, 0.29) is 11.3 Å². The highest BCUT2D eigenvalue weighted by Crippen LogP contribution is 2.35. The van der Waals surface area contributed by atoms with Crippen LogP contribution in [0.15, 0.2) is 48.5 Å². The summed E-state index contributed by atoms with van der Waals surface area (Å²) >= 11 is 0. The van der Waals surface area contributed by atoms with Crippen molar-refractivity contribution in [2.75, 3.05) is 32.2 Å². The molecule has 7 nitrogen and oxygen atoms in total. The van der Waals surface area contributed by atoms with Crippen LogP contribution in [0.25, 0.3) is 0 Å². The third-order valence-corrected chi connectivity index (χ3v) is 5.53. The first-order chi connectivity index (χ1) is 15.2. The van der Waals surface area contributed by atoms with Crippen molar-refractivity contribution in [2.45, 2.75) is 44.6 Å². The van der Waals surface area contributed by atoms with Gasteiger partial charge in [0.1, 0.15) is 11.4 Å². The van der Waals surface area contributed by atoms with Crippen LogP contribution in [0.5, 0.6) is 5.75 Å². The molecule has 0 aromatic heterocycles. The number of hydrogen-bond acceptors (Lipinski definition) is 5. The number of hydrogen-bond donors (Lipinski definition) is 2. The van der Waals surface area contributed by atoms with Crippen LogP contribution in [-0.2, 0) is 14.9 Å². The average molecular weight is 441 g/mol. The molecule has 1 aliphatic heterocycles. The molecule has 2 aromatic rings. The van der Waals surface area contributed by atoms with Crippen molar-refractivity contribution >= 4 is 17.7 Å². The number of carbonyl (C=O) groups excluding carboxylic acids is 2. The predicted octanol–water partition coefficient (Wildman–Crippen LogP) is 4.52. The summed E-state index contributed by atoms with van der Waals surface area (Å²) in [5.41, 5.74) is 1.50. The number of benzene rings is 2. The smallest absolute Gasteiger partial charge is 0.412 e. The molecule has 32 heavy (non-hydrogen) atoms. The summed E-state index contributed by atoms with van der Waals surface area (Å²) < 4.78 is 16.1. The lowest BCUT2D eigenvalue weighted by atomic mass is 9.74. The number of nitrogens with one attached hydrogen (secondary N) is 2. The fourth-order valence-electron chi connectivity index (χ4n) is 3.75. The Morgan fingerprint density at radius 3 is 2.19 bits per heavy atom. The summed E-state index contributed by atoms with van der Waals surface area (Å²) in [6.07, 6.45) is 1.13. The molecule has 3 rings (SSSR count). The van der Waals surface area contributed by atoms with Gasteiger partial charge in [-0.1, -0.05) is 12.1 Å². The van der Waals surface area contributed by atoms with Crippen molar-refractivity contribution in [3.05, 3.63) is 59.7 Å². The second-order valence-electron chi connectivity index (χ2n) is 9.01. The second-order valence-corrected chi connectivity index (χ2v) is 9.01. The van der Waals surface area contributed by atoms with E-state index in [1.165, 1.54) is 5.56 Å². The van der Waals surface area contributed by atoms with Crippen LogP contribution in [0.2, 0.25) is 0 Å². The molecule has 2 aromatic carbocycles. The van der Waals surface area contributed by atoms with E-state index < -0.39 is 11.7 Å². The van der Waals surface area contributed by atoms with Crippen LogP contribution in [0.4, 0.5) is 10.5 Å². The minimum Gasteiger partial charge on any atom is -0.497 e. The summed E-state index contributed by atoms with van der Waals surface area (Å²) in [6.45, 7) is 7.24. The molecule has 0 atom stereocenters. The highest BCUT2D eigenvalue weighted by atomic mass is 16.6. The predicted molar refractivity (Wildman–Crippen MR) is 123 cm³/mol. The topological polar surface area (TPSA) is 85.9 Å². The summed E-state index contributed by atoms with van der Waals surface area (Å²) in [7, 11) is 1.65. The third kappa shape index (κ3) is 6.23. The SMILES string of the molecule is COc1ccc(C2(CNC(=O)c3ccc(NC(=O)OC(C)(C)C)cc3)CCOCC2)cc1. The molecule has 1 heterocycles. The minimum absolute atomic E-state index is 0.159. The third-order valence-electron chi connectivity index (χ3n) is 5.53. The maximum Gasteiger partial charge on any atom is 0.412 e. The van der Waals surface area contributed by atoms with Gasteiger partial charge < -0.3 is 19.5 Å². The van der Waals surface area contributed by atoms with Gasteiger partial charge in [-0.15, -0.1) is 0 Å². The van der Waals surface area contributed by atoms with Gasteiger partial charge in [-0.25, -0.2) is 4.79 Å². The van der Waals surface area contributed by atoms with Crippen LogP contribution >= 0.6 is 0 Å². The fourth-order valence-corrected chi connectivity index (χ4v) is 3.75. The standard InChI is InChI=1S/C25H32N2O5/c1-24(2,3)32-23(29)27-20-9-5-18(6-10-20)22(28)26-17-25(13-15-31-16-14-25)19-7-11-21(30-4)12-8-19/h5-12H,13-17H2,1-4H3,(H,26,28)(H,27,29). The van der Waals surface area contributed by atoms with Crippen molar-refractivity contribution in [1.82, 2.24) is 5.32 Å². The van der Waals surface area contributed by atoms with E-state index in [0.717, 1.165) is 18.6 Å². The molecule has 1 saturated heterocycles. The average Bonchev–Trinajstić information content (AvgIpc) is 2.77. The number of amides is 2. The van der Waals surface area contributed by atoms with Crippen molar-refractivity contribution in [3.8, 4) is 5.75 Å². The van der Waals surface area contributed by atoms with Crippen LogP contribution in [0.3, 0.4) is 0 Å². The molecule has 1 fully saturated rings. The molecule has 7 heteroatoms. The minimum atomic E-state index is -0.575. The van der Waals surface area contributed by atoms with Gasteiger partial charge >= 0.3 is 6.09 Å². The number of ether oxygens (including phenoxy) is 3. The van der Waals surface area contributed by atoms with Gasteiger partial charge in [0.2, 0.25) is 0 Å². The zero-order chi connectivity index (χ0) is 23.2. The maximum atomic E-state index is 12.8. The Morgan fingerprint density at radius 2 is 1.62 bits per heavy atom. The van der Waals surface area contributed by atoms with Gasteiger partial charge in [0.05, 0.1) is 7.11 Å². The van der Waals surface area contributed by atoms with Crippen molar-refractivity contribution in [3.63, 3.8) is 0 Å². The molecule has 0 saturated carbocycles. The Morgan fingerprint density at radius 1 is 1.00 bits per heavy atom. The van der Waals surface area contributed by atoms with Crippen LogP contribution in [0, 0.1) is 0 Å². The Balaban J connectivity index is 1.64. The quantitative estimate of drug-likeness (QED) is 0.690. The Labute approximate surface area is 189 Å². The first-order valence-electron chi connectivity index (χ1n) is 10.8. The molecule has 0 radical (unpaired) electrons. The number of anilines is 1. The van der Waals surface area contributed by atoms with Gasteiger partial charge in [-0.05, 0) is 75.6 Å². The van der Waals surface area contributed by atoms with Crippen LogP contribution < -0.4 is 15.4 Å². The summed E-state index contributed by atoms with van der Waals surface area (Å²) in [5.74, 6) is 0.647. The molecule has 0 unspecified atom stereocenters. The maximum absolute atomic E-state index is 12.8. The molecule has 0 spiro atoms. The van der Waals surface area contributed by atoms with Crippen molar-refractivity contribution in [2.24, 2.45) is 0 Å². The summed E-state index contributed by atoms with van der Waals surface area (Å²) in [5, 5.41) is 5.76. The van der Waals surface area contributed by atoms with Gasteiger partial charge in [0.25, 0.3) is 5.91 Å². The molecule has 2 amide bonds. The van der Waals surface area contributed by atoms with Gasteiger partial charge in [-0.2, -0.15) is 0 Å². The normalized spacial score (nSPS) is 15.5. The first-order valence-corrected chi connectivity index (χ1v) is 10.8. The summed E-state index contributed by atoms with van der Waals surface area (Å²) in [6, 6.07) is 14.8. The zero-order valence-electron chi connectivity index (χ0n) is 19.2. The molecular weight excluding hydrogens is 408 g/mol. The van der Waals surface area contributed by atoms with Crippen molar-refractivity contribution in [1.29, 1.82) is 0 Å². The number of methoxy groups -OCH3 is 1. The van der Waals surface area contributed by atoms with Gasteiger partial charge in [0, 0.05) is 36.4 Å². The number of rotatable bonds is 6. The van der Waals surface area contributed by atoms with Crippen LogP contribution in [0.1, 0.15) is 49.5 Å². The van der Waals surface area contributed by atoms with E-state index in [1.54, 1.807) is 52.1 Å². The molecular formula is C25H32N2O5. The second kappa shape index (κ2) is 10.0. The van der Waals surface area contributed by atoms with Gasteiger partial charge in [0.15, 0.2) is 0 Å². The van der Waals surface area contributed by atoms with E-state index >= 15 is 0 Å². The van der Waals surface area contributed by atoms with E-state index in [9.17, 15) is 9.59 Å². The van der Waals surface area contributed by atoms with Gasteiger partial charge in [-0.3, -0.25) is 10.1 Å². The monoisotopic (exact) mass is 440 g/mol. The molecule has 1 aliphatic rings. The van der Waals surface area contributed by atoms with E-state index in [1.807, 2.05) is 12.1 Å². The van der Waals surface area contributed by atoms with Crippen LogP contribution in [-0.4, -0.2) is 44.5 Å². The molecule has 172 valence electrons. The zero-order valence-corrected chi connectivity index (χ0v) is 19.2. The van der Waals surface area contributed by atoms with Crippen molar-refractivity contribution < 1.29 is 23.8 Å². The highest BCUT2D eigenvalue weighted by molar-refractivity contribution is 5.95.